The standard InChI is InChI=1S/C22H20Cl2FNO4/c1-10(2)22(4,21(29)30)19-11(3)26(17-9-16(25)18(27)8-13(17)19)20(28)12-5-6-14(23)15(24)7-12/h5-10,27H,1-4H3,(H,29,30)/t22-/m1/s1. The Labute approximate surface area is 182 Å². The van der Waals surface area contributed by atoms with E-state index < -0.39 is 28.9 Å². The summed E-state index contributed by atoms with van der Waals surface area (Å²) in [4.78, 5) is 25.6. The molecule has 2 N–H and O–H groups in total. The highest BCUT2D eigenvalue weighted by Gasteiger charge is 2.43. The molecule has 1 atom stereocenters. The lowest BCUT2D eigenvalue weighted by molar-refractivity contribution is -0.145. The Hall–Kier alpha value is -2.57. The molecule has 8 heteroatoms. The molecule has 0 spiro atoms. The van der Waals surface area contributed by atoms with E-state index in [9.17, 15) is 24.2 Å². The average Bonchev–Trinajstić information content (AvgIpc) is 2.94. The number of aromatic nitrogens is 1. The van der Waals surface area contributed by atoms with Gasteiger partial charge in [-0.3, -0.25) is 14.2 Å². The fraction of sp³-hybridized carbons (Fsp3) is 0.273. The van der Waals surface area contributed by atoms with Crippen molar-refractivity contribution < 1.29 is 24.2 Å². The number of carbonyl (C=O) groups is 2. The van der Waals surface area contributed by atoms with Gasteiger partial charge in [-0.1, -0.05) is 37.0 Å². The van der Waals surface area contributed by atoms with Crippen molar-refractivity contribution in [2.45, 2.75) is 33.1 Å². The van der Waals surface area contributed by atoms with E-state index in [1.54, 1.807) is 27.7 Å². The Kier molecular flexibility index (Phi) is 5.60. The normalized spacial score (nSPS) is 13.6. The van der Waals surface area contributed by atoms with E-state index in [4.69, 9.17) is 23.2 Å². The van der Waals surface area contributed by atoms with Gasteiger partial charge in [0, 0.05) is 22.7 Å². The molecule has 0 saturated heterocycles. The molecule has 30 heavy (non-hydrogen) atoms. The zero-order valence-electron chi connectivity index (χ0n) is 16.8. The number of rotatable bonds is 4. The molecule has 0 bridgehead atoms. The van der Waals surface area contributed by atoms with Crippen LogP contribution in [0.15, 0.2) is 30.3 Å². The second-order valence-corrected chi connectivity index (χ2v) is 8.53. The average molecular weight is 452 g/mol. The first-order chi connectivity index (χ1) is 13.9. The van der Waals surface area contributed by atoms with Gasteiger partial charge in [0.15, 0.2) is 11.6 Å². The van der Waals surface area contributed by atoms with Crippen molar-refractivity contribution in [3.63, 3.8) is 0 Å². The number of carbonyl (C=O) groups excluding carboxylic acids is 1. The summed E-state index contributed by atoms with van der Waals surface area (Å²) in [6, 6.07) is 6.54. The molecule has 0 radical (unpaired) electrons. The fourth-order valence-electron chi connectivity index (χ4n) is 3.74. The number of phenolic OH excluding ortho intramolecular Hbond substituents is 1. The number of hydrogen-bond acceptors (Lipinski definition) is 3. The Morgan fingerprint density at radius 1 is 1.13 bits per heavy atom. The smallest absolute Gasteiger partial charge is 0.314 e. The third-order valence-corrected chi connectivity index (χ3v) is 6.50. The molecule has 0 saturated carbocycles. The van der Waals surface area contributed by atoms with Crippen LogP contribution in [0.2, 0.25) is 10.0 Å². The van der Waals surface area contributed by atoms with E-state index in [1.165, 1.54) is 22.8 Å². The summed E-state index contributed by atoms with van der Waals surface area (Å²) in [5.74, 6) is -3.52. The van der Waals surface area contributed by atoms with E-state index in [-0.39, 0.29) is 27.0 Å². The molecule has 2 aromatic carbocycles. The maximum atomic E-state index is 14.2. The molecule has 158 valence electrons. The van der Waals surface area contributed by atoms with Crippen LogP contribution in [0.1, 0.15) is 42.4 Å². The molecule has 3 rings (SSSR count). The van der Waals surface area contributed by atoms with Gasteiger partial charge >= 0.3 is 5.97 Å². The first kappa shape index (κ1) is 22.1. The minimum atomic E-state index is -1.39. The van der Waals surface area contributed by atoms with Crippen molar-refractivity contribution in [1.29, 1.82) is 0 Å². The van der Waals surface area contributed by atoms with Crippen molar-refractivity contribution in [1.82, 2.24) is 4.57 Å². The number of benzene rings is 2. The number of halogens is 3. The second-order valence-electron chi connectivity index (χ2n) is 7.71. The van der Waals surface area contributed by atoms with Gasteiger partial charge in [-0.15, -0.1) is 0 Å². The molecule has 0 aliphatic carbocycles. The van der Waals surface area contributed by atoms with E-state index >= 15 is 0 Å². The van der Waals surface area contributed by atoms with E-state index in [1.807, 2.05) is 0 Å². The van der Waals surface area contributed by atoms with Crippen LogP contribution in [-0.4, -0.2) is 26.7 Å². The van der Waals surface area contributed by atoms with E-state index in [0.29, 0.717) is 16.6 Å². The van der Waals surface area contributed by atoms with Gasteiger partial charge in [-0.2, -0.15) is 0 Å². The summed E-state index contributed by atoms with van der Waals surface area (Å²) in [7, 11) is 0. The lowest BCUT2D eigenvalue weighted by Crippen LogP contribution is -2.38. The highest BCUT2D eigenvalue weighted by molar-refractivity contribution is 6.42. The minimum absolute atomic E-state index is 0.155. The van der Waals surface area contributed by atoms with Gasteiger partial charge < -0.3 is 10.2 Å². The van der Waals surface area contributed by atoms with Crippen molar-refractivity contribution in [3.8, 4) is 5.75 Å². The topological polar surface area (TPSA) is 79.5 Å². The van der Waals surface area contributed by atoms with Gasteiger partial charge in [-0.25, -0.2) is 4.39 Å². The maximum absolute atomic E-state index is 14.2. The highest BCUT2D eigenvalue weighted by atomic mass is 35.5. The highest BCUT2D eigenvalue weighted by Crippen LogP contribution is 2.42. The van der Waals surface area contributed by atoms with Crippen LogP contribution in [0.5, 0.6) is 5.75 Å². The van der Waals surface area contributed by atoms with Crippen LogP contribution in [0.25, 0.3) is 10.9 Å². The van der Waals surface area contributed by atoms with Crippen molar-refractivity contribution in [2.24, 2.45) is 5.92 Å². The number of aromatic hydroxyl groups is 1. The van der Waals surface area contributed by atoms with E-state index in [0.717, 1.165) is 12.1 Å². The summed E-state index contributed by atoms with van der Waals surface area (Å²) in [6.45, 7) is 6.65. The van der Waals surface area contributed by atoms with Crippen LogP contribution < -0.4 is 0 Å². The summed E-state index contributed by atoms with van der Waals surface area (Å²) in [6.07, 6.45) is 0. The number of carboxylic acids is 1. The number of nitrogens with zero attached hydrogens (tertiary/aromatic N) is 1. The number of hydrogen-bond donors (Lipinski definition) is 2. The lowest BCUT2D eigenvalue weighted by Gasteiger charge is -2.30. The third kappa shape index (κ3) is 3.24. The number of phenols is 1. The first-order valence-electron chi connectivity index (χ1n) is 9.18. The zero-order valence-corrected chi connectivity index (χ0v) is 18.3. The molecule has 0 aliphatic rings. The van der Waals surface area contributed by atoms with Crippen LogP contribution in [0.4, 0.5) is 4.39 Å². The summed E-state index contributed by atoms with van der Waals surface area (Å²) in [5, 5.41) is 20.7. The number of fused-ring (bicyclic) bond motifs is 1. The largest absolute Gasteiger partial charge is 0.505 e. The van der Waals surface area contributed by atoms with Crippen LogP contribution in [0.3, 0.4) is 0 Å². The summed E-state index contributed by atoms with van der Waals surface area (Å²) >= 11 is 12.0. The molecular weight excluding hydrogens is 432 g/mol. The Balaban J connectivity index is 2.42. The quantitative estimate of drug-likeness (QED) is 0.526. The molecular formula is C22H20Cl2FNO4. The van der Waals surface area contributed by atoms with Crippen LogP contribution in [0, 0.1) is 18.7 Å². The minimum Gasteiger partial charge on any atom is -0.505 e. The summed E-state index contributed by atoms with van der Waals surface area (Å²) in [5.41, 5.74) is -0.364. The van der Waals surface area contributed by atoms with Crippen molar-refractivity contribution in [3.05, 3.63) is 63.0 Å². The Morgan fingerprint density at radius 2 is 1.77 bits per heavy atom. The Morgan fingerprint density at radius 3 is 2.30 bits per heavy atom. The molecule has 3 aromatic rings. The van der Waals surface area contributed by atoms with Crippen LogP contribution in [-0.2, 0) is 10.2 Å². The van der Waals surface area contributed by atoms with Gasteiger partial charge in [-0.05, 0) is 49.6 Å². The Bertz CT molecular complexity index is 1200. The molecule has 0 amide bonds. The SMILES string of the molecule is Cc1c([C@](C)(C(=O)O)C(C)C)c2cc(O)c(F)cc2n1C(=O)c1ccc(Cl)c(Cl)c1. The predicted molar refractivity (Wildman–Crippen MR) is 114 cm³/mol. The van der Waals surface area contributed by atoms with Gasteiger partial charge in [0.1, 0.15) is 0 Å². The van der Waals surface area contributed by atoms with Gasteiger partial charge in [0.05, 0.1) is 21.0 Å². The van der Waals surface area contributed by atoms with Crippen molar-refractivity contribution >= 4 is 46.0 Å². The second kappa shape index (κ2) is 7.60. The lowest BCUT2D eigenvalue weighted by atomic mass is 9.72. The predicted octanol–water partition coefficient (Wildman–Crippen LogP) is 5.79. The molecule has 1 aromatic heterocycles. The molecule has 0 unspecified atom stereocenters. The molecule has 5 nitrogen and oxygen atoms in total. The number of aliphatic carboxylic acids is 1. The van der Waals surface area contributed by atoms with E-state index in [2.05, 4.69) is 0 Å². The maximum Gasteiger partial charge on any atom is 0.314 e. The molecule has 0 aliphatic heterocycles. The fourth-order valence-corrected chi connectivity index (χ4v) is 4.04. The van der Waals surface area contributed by atoms with Gasteiger partial charge in [0.25, 0.3) is 5.91 Å². The molecule has 0 fully saturated rings. The number of carboxylic acid groups (broad SMARTS) is 1. The molecule has 1 heterocycles. The summed E-state index contributed by atoms with van der Waals surface area (Å²) < 4.78 is 15.5. The monoisotopic (exact) mass is 451 g/mol. The third-order valence-electron chi connectivity index (χ3n) is 5.76. The first-order valence-corrected chi connectivity index (χ1v) is 9.94. The zero-order chi connectivity index (χ0) is 22.5. The van der Waals surface area contributed by atoms with Gasteiger partial charge in [0.2, 0.25) is 0 Å². The van der Waals surface area contributed by atoms with Crippen molar-refractivity contribution in [2.75, 3.05) is 0 Å². The van der Waals surface area contributed by atoms with Crippen LogP contribution >= 0.6 is 23.2 Å².